The van der Waals surface area contributed by atoms with E-state index in [0.717, 1.165) is 32.4 Å². The number of aryl methyl sites for hydroxylation is 1. The zero-order chi connectivity index (χ0) is 14.6. The summed E-state index contributed by atoms with van der Waals surface area (Å²) in [5, 5.41) is 13.4. The van der Waals surface area contributed by atoms with Crippen LogP contribution in [0.15, 0.2) is 18.2 Å². The molecule has 2 N–H and O–H groups in total. The van der Waals surface area contributed by atoms with Crippen LogP contribution >= 0.6 is 0 Å². The van der Waals surface area contributed by atoms with E-state index in [1.807, 2.05) is 6.07 Å². The van der Waals surface area contributed by atoms with Crippen molar-refractivity contribution in [2.24, 2.45) is 5.41 Å². The minimum absolute atomic E-state index is 0.227. The van der Waals surface area contributed by atoms with Crippen LogP contribution in [0.4, 0.5) is 0 Å². The number of fused-ring (bicyclic) bond motifs is 1. The van der Waals surface area contributed by atoms with E-state index in [4.69, 9.17) is 4.74 Å². The Morgan fingerprint density at radius 1 is 1.40 bits per heavy atom. The molecule has 0 saturated carbocycles. The Hall–Kier alpha value is -1.06. The lowest BCUT2D eigenvalue weighted by Gasteiger charge is -2.31. The van der Waals surface area contributed by atoms with Gasteiger partial charge in [-0.25, -0.2) is 0 Å². The quantitative estimate of drug-likeness (QED) is 0.837. The third-order valence-electron chi connectivity index (χ3n) is 4.25. The number of methoxy groups -OCH3 is 1. The zero-order valence-electron chi connectivity index (χ0n) is 12.9. The monoisotopic (exact) mass is 277 g/mol. The summed E-state index contributed by atoms with van der Waals surface area (Å²) < 4.78 is 5.18. The van der Waals surface area contributed by atoms with Crippen LogP contribution in [0.2, 0.25) is 0 Å². The molecule has 0 bridgehead atoms. The third kappa shape index (κ3) is 3.97. The Bertz CT molecular complexity index is 443. The molecule has 1 aliphatic rings. The van der Waals surface area contributed by atoms with E-state index in [2.05, 4.69) is 25.2 Å². The average molecular weight is 277 g/mol. The molecule has 0 aromatic heterocycles. The van der Waals surface area contributed by atoms with E-state index >= 15 is 0 Å². The number of hydrogen-bond acceptors (Lipinski definition) is 3. The van der Waals surface area contributed by atoms with Crippen molar-refractivity contribution in [3.05, 3.63) is 29.3 Å². The molecule has 1 aromatic rings. The number of aromatic hydroxyl groups is 1. The van der Waals surface area contributed by atoms with Crippen molar-refractivity contribution in [2.75, 3.05) is 20.3 Å². The summed E-state index contributed by atoms with van der Waals surface area (Å²) in [5.74, 6) is 0.371. The predicted molar refractivity (Wildman–Crippen MR) is 82.1 cm³/mol. The van der Waals surface area contributed by atoms with Gasteiger partial charge in [0.2, 0.25) is 0 Å². The Balaban J connectivity index is 1.99. The summed E-state index contributed by atoms with van der Waals surface area (Å²) in [6, 6.07) is 6.15. The highest BCUT2D eigenvalue weighted by Crippen LogP contribution is 2.33. The molecule has 0 spiro atoms. The maximum absolute atomic E-state index is 9.71. The first-order valence-electron chi connectivity index (χ1n) is 7.56. The van der Waals surface area contributed by atoms with Gasteiger partial charge in [-0.1, -0.05) is 19.9 Å². The van der Waals surface area contributed by atoms with Crippen LogP contribution in [0.5, 0.6) is 5.75 Å². The molecular formula is C17H27NO2. The number of benzene rings is 1. The van der Waals surface area contributed by atoms with Gasteiger partial charge >= 0.3 is 0 Å². The fourth-order valence-electron chi connectivity index (χ4n) is 2.86. The van der Waals surface area contributed by atoms with Crippen molar-refractivity contribution in [3.8, 4) is 5.75 Å². The van der Waals surface area contributed by atoms with Crippen molar-refractivity contribution < 1.29 is 9.84 Å². The molecule has 1 aliphatic carbocycles. The van der Waals surface area contributed by atoms with Gasteiger partial charge in [-0.05, 0) is 54.4 Å². The minimum atomic E-state index is 0.227. The van der Waals surface area contributed by atoms with Crippen molar-refractivity contribution in [2.45, 2.75) is 45.6 Å². The Labute approximate surface area is 122 Å². The highest BCUT2D eigenvalue weighted by Gasteiger charge is 2.24. The van der Waals surface area contributed by atoms with Crippen LogP contribution in [-0.4, -0.2) is 25.4 Å². The van der Waals surface area contributed by atoms with E-state index in [-0.39, 0.29) is 5.41 Å². The first kappa shape index (κ1) is 15.3. The van der Waals surface area contributed by atoms with Crippen LogP contribution < -0.4 is 5.32 Å². The molecule has 0 saturated heterocycles. The molecule has 1 unspecified atom stereocenters. The van der Waals surface area contributed by atoms with Crippen LogP contribution in [0.1, 0.15) is 50.3 Å². The zero-order valence-corrected chi connectivity index (χ0v) is 12.9. The lowest BCUT2D eigenvalue weighted by Crippen LogP contribution is -2.34. The van der Waals surface area contributed by atoms with Gasteiger partial charge in [0.15, 0.2) is 0 Å². The second kappa shape index (κ2) is 6.59. The highest BCUT2D eigenvalue weighted by molar-refractivity contribution is 5.38. The second-order valence-electron chi connectivity index (χ2n) is 6.62. The maximum atomic E-state index is 9.71. The minimum Gasteiger partial charge on any atom is -0.508 e. The number of rotatable bonds is 6. The molecule has 112 valence electrons. The van der Waals surface area contributed by atoms with Crippen molar-refractivity contribution in [1.82, 2.24) is 5.32 Å². The van der Waals surface area contributed by atoms with Crippen molar-refractivity contribution in [1.29, 1.82) is 0 Å². The number of hydrogen-bond donors (Lipinski definition) is 2. The molecule has 3 heteroatoms. The van der Waals surface area contributed by atoms with Gasteiger partial charge < -0.3 is 15.2 Å². The first-order chi connectivity index (χ1) is 9.52. The smallest absolute Gasteiger partial charge is 0.115 e. The van der Waals surface area contributed by atoms with Crippen molar-refractivity contribution in [3.63, 3.8) is 0 Å². The summed E-state index contributed by atoms with van der Waals surface area (Å²) in [4.78, 5) is 0. The van der Waals surface area contributed by atoms with Gasteiger partial charge in [-0.3, -0.25) is 0 Å². The molecule has 1 aromatic carbocycles. The van der Waals surface area contributed by atoms with E-state index in [1.54, 1.807) is 13.2 Å². The predicted octanol–water partition coefficient (Wildman–Crippen LogP) is 3.42. The maximum Gasteiger partial charge on any atom is 0.115 e. The standard InChI is InChI=1S/C17H27NO2/c1-17(2,9-10-20-3)12-18-16-6-4-5-13-7-8-14(19)11-15(13)16/h7-8,11,16,18-19H,4-6,9-10,12H2,1-3H3. The molecule has 0 aliphatic heterocycles. The number of phenolic OH excluding ortho intramolecular Hbond substituents is 1. The van der Waals surface area contributed by atoms with Gasteiger partial charge in [-0.2, -0.15) is 0 Å². The average Bonchev–Trinajstić information content (AvgIpc) is 2.43. The lowest BCUT2D eigenvalue weighted by atomic mass is 9.85. The number of ether oxygens (including phenoxy) is 1. The first-order valence-corrected chi connectivity index (χ1v) is 7.56. The lowest BCUT2D eigenvalue weighted by molar-refractivity contribution is 0.148. The van der Waals surface area contributed by atoms with Crippen LogP contribution in [0, 0.1) is 5.41 Å². The molecule has 3 nitrogen and oxygen atoms in total. The molecule has 0 fully saturated rings. The Morgan fingerprint density at radius 2 is 2.20 bits per heavy atom. The van der Waals surface area contributed by atoms with Crippen LogP contribution in [0.3, 0.4) is 0 Å². The summed E-state index contributed by atoms with van der Waals surface area (Å²) >= 11 is 0. The third-order valence-corrected chi connectivity index (χ3v) is 4.25. The summed E-state index contributed by atoms with van der Waals surface area (Å²) in [6.07, 6.45) is 4.54. The van der Waals surface area contributed by atoms with Crippen LogP contribution in [-0.2, 0) is 11.2 Å². The van der Waals surface area contributed by atoms with Gasteiger partial charge in [0.25, 0.3) is 0 Å². The highest BCUT2D eigenvalue weighted by atomic mass is 16.5. The number of phenols is 1. The van der Waals surface area contributed by atoms with Gasteiger partial charge in [0, 0.05) is 26.3 Å². The molecular weight excluding hydrogens is 250 g/mol. The van der Waals surface area contributed by atoms with Gasteiger partial charge in [0.05, 0.1) is 0 Å². The summed E-state index contributed by atoms with van der Waals surface area (Å²) in [6.45, 7) is 6.31. The normalized spacial score (nSPS) is 18.9. The van der Waals surface area contributed by atoms with Crippen molar-refractivity contribution >= 4 is 0 Å². The van der Waals surface area contributed by atoms with E-state index in [1.165, 1.54) is 17.5 Å². The largest absolute Gasteiger partial charge is 0.508 e. The fourth-order valence-corrected chi connectivity index (χ4v) is 2.86. The Morgan fingerprint density at radius 3 is 2.95 bits per heavy atom. The van der Waals surface area contributed by atoms with E-state index in [0.29, 0.717) is 11.8 Å². The van der Waals surface area contributed by atoms with E-state index < -0.39 is 0 Å². The fraction of sp³-hybridized carbons (Fsp3) is 0.647. The molecule has 0 amide bonds. The van der Waals surface area contributed by atoms with E-state index in [9.17, 15) is 5.11 Å². The molecule has 1 atom stereocenters. The van der Waals surface area contributed by atoms with Gasteiger partial charge in [-0.15, -0.1) is 0 Å². The second-order valence-corrected chi connectivity index (χ2v) is 6.62. The summed E-state index contributed by atoms with van der Waals surface area (Å²) in [5.41, 5.74) is 2.88. The molecule has 0 heterocycles. The molecule has 2 rings (SSSR count). The van der Waals surface area contributed by atoms with Crippen LogP contribution in [0.25, 0.3) is 0 Å². The van der Waals surface area contributed by atoms with Gasteiger partial charge in [0.1, 0.15) is 5.75 Å². The topological polar surface area (TPSA) is 41.5 Å². The molecule has 20 heavy (non-hydrogen) atoms. The Kier molecular flexibility index (Phi) is 5.06. The number of nitrogens with one attached hydrogen (secondary N) is 1. The summed E-state index contributed by atoms with van der Waals surface area (Å²) in [7, 11) is 1.75. The SMILES string of the molecule is COCCC(C)(C)CNC1CCCc2ccc(O)cc21. The molecule has 0 radical (unpaired) electrons.